The maximum atomic E-state index is 12.4. The highest BCUT2D eigenvalue weighted by atomic mass is 32.1. The van der Waals surface area contributed by atoms with Gasteiger partial charge in [0.15, 0.2) is 0 Å². The van der Waals surface area contributed by atoms with Crippen molar-refractivity contribution in [2.45, 2.75) is 59.6 Å². The fraction of sp³-hybridized carbons (Fsp3) is 0.688. The molecule has 1 heterocycles. The van der Waals surface area contributed by atoms with Crippen molar-refractivity contribution < 1.29 is 14.3 Å². The van der Waals surface area contributed by atoms with Crippen LogP contribution in [0.1, 0.15) is 56.2 Å². The van der Waals surface area contributed by atoms with Crippen molar-refractivity contribution in [3.8, 4) is 0 Å². The summed E-state index contributed by atoms with van der Waals surface area (Å²) in [7, 11) is 0. The minimum Gasteiger partial charge on any atom is -0.444 e. The van der Waals surface area contributed by atoms with Gasteiger partial charge in [0, 0.05) is 6.54 Å². The lowest BCUT2D eigenvalue weighted by atomic mass is 9.88. The molecule has 0 aliphatic carbocycles. The first-order valence-electron chi connectivity index (χ1n) is 7.65. The molecule has 0 saturated heterocycles. The molecular formula is C16H27N3O3S. The van der Waals surface area contributed by atoms with Crippen LogP contribution < -0.4 is 10.6 Å². The van der Waals surface area contributed by atoms with Gasteiger partial charge < -0.3 is 15.4 Å². The second kappa shape index (κ2) is 7.29. The van der Waals surface area contributed by atoms with Crippen molar-refractivity contribution in [1.29, 1.82) is 0 Å². The number of rotatable bonds is 5. The number of hydrogen-bond donors (Lipinski definition) is 2. The number of thiazole rings is 1. The van der Waals surface area contributed by atoms with Gasteiger partial charge in [-0.25, -0.2) is 9.78 Å². The molecular weight excluding hydrogens is 314 g/mol. The Balaban J connectivity index is 2.71. The van der Waals surface area contributed by atoms with Crippen LogP contribution in [0.4, 0.5) is 4.79 Å². The number of carbonyl (C=O) groups excluding carboxylic acids is 2. The van der Waals surface area contributed by atoms with Gasteiger partial charge in [-0.15, -0.1) is 11.3 Å². The number of amides is 2. The monoisotopic (exact) mass is 341 g/mol. The van der Waals surface area contributed by atoms with Crippen LogP contribution in [-0.4, -0.2) is 34.7 Å². The first kappa shape index (κ1) is 19.4. The van der Waals surface area contributed by atoms with Gasteiger partial charge in [-0.05, 0) is 40.5 Å². The molecule has 1 aromatic heterocycles. The van der Waals surface area contributed by atoms with Gasteiger partial charge in [0.1, 0.15) is 10.5 Å². The summed E-state index contributed by atoms with van der Waals surface area (Å²) in [5.41, 5.74) is -1.15. The average Bonchev–Trinajstić information content (AvgIpc) is 2.81. The smallest absolute Gasteiger partial charge is 0.407 e. The minimum absolute atomic E-state index is 0.121. The molecule has 23 heavy (non-hydrogen) atoms. The second-order valence-corrected chi connectivity index (χ2v) is 8.36. The SMILES string of the molecule is Cc1ncc(C(=O)NC(C)(CNC(=O)OC(C)(C)C)C(C)C)s1. The molecule has 7 heteroatoms. The minimum atomic E-state index is -0.591. The van der Waals surface area contributed by atoms with Gasteiger partial charge in [0.25, 0.3) is 5.91 Å². The number of aromatic nitrogens is 1. The molecule has 1 rings (SSSR count). The first-order valence-corrected chi connectivity index (χ1v) is 8.46. The van der Waals surface area contributed by atoms with Gasteiger partial charge in [0.05, 0.1) is 16.7 Å². The zero-order valence-electron chi connectivity index (χ0n) is 14.9. The number of hydrogen-bond acceptors (Lipinski definition) is 5. The van der Waals surface area contributed by atoms with Crippen LogP contribution >= 0.6 is 11.3 Å². The van der Waals surface area contributed by atoms with Crippen LogP contribution in [0, 0.1) is 12.8 Å². The van der Waals surface area contributed by atoms with E-state index in [1.165, 1.54) is 11.3 Å². The summed E-state index contributed by atoms with van der Waals surface area (Å²) >= 11 is 1.35. The van der Waals surface area contributed by atoms with Crippen molar-refractivity contribution in [1.82, 2.24) is 15.6 Å². The third kappa shape index (κ3) is 6.17. The highest BCUT2D eigenvalue weighted by Gasteiger charge is 2.32. The van der Waals surface area contributed by atoms with Crippen molar-refractivity contribution in [3.63, 3.8) is 0 Å². The van der Waals surface area contributed by atoms with E-state index in [1.54, 1.807) is 6.20 Å². The number of ether oxygens (including phenoxy) is 1. The largest absolute Gasteiger partial charge is 0.444 e. The van der Waals surface area contributed by atoms with E-state index in [4.69, 9.17) is 4.74 Å². The molecule has 1 unspecified atom stereocenters. The van der Waals surface area contributed by atoms with E-state index in [1.807, 2.05) is 48.5 Å². The summed E-state index contributed by atoms with van der Waals surface area (Å²) < 4.78 is 5.24. The highest BCUT2D eigenvalue weighted by molar-refractivity contribution is 7.13. The first-order chi connectivity index (χ1) is 10.4. The third-order valence-corrected chi connectivity index (χ3v) is 4.43. The van der Waals surface area contributed by atoms with E-state index in [9.17, 15) is 9.59 Å². The summed E-state index contributed by atoms with van der Waals surface area (Å²) in [4.78, 5) is 28.9. The van der Waals surface area contributed by atoms with E-state index < -0.39 is 17.2 Å². The van der Waals surface area contributed by atoms with Gasteiger partial charge in [-0.1, -0.05) is 13.8 Å². The molecule has 0 bridgehead atoms. The summed E-state index contributed by atoms with van der Waals surface area (Å²) in [6.45, 7) is 13.5. The number of aryl methyl sites for hydroxylation is 1. The predicted octanol–water partition coefficient (Wildman–Crippen LogP) is 3.12. The maximum absolute atomic E-state index is 12.4. The summed E-state index contributed by atoms with van der Waals surface area (Å²) in [5, 5.41) is 6.58. The van der Waals surface area contributed by atoms with Crippen molar-refractivity contribution in [2.75, 3.05) is 6.54 Å². The van der Waals surface area contributed by atoms with Crippen LogP contribution in [0.25, 0.3) is 0 Å². The average molecular weight is 341 g/mol. The molecule has 0 aliphatic rings. The Labute approximate surface area is 142 Å². The van der Waals surface area contributed by atoms with Gasteiger partial charge in [0.2, 0.25) is 0 Å². The molecule has 0 saturated carbocycles. The fourth-order valence-corrected chi connectivity index (χ4v) is 2.42. The molecule has 0 aromatic carbocycles. The van der Waals surface area contributed by atoms with Gasteiger partial charge >= 0.3 is 6.09 Å². The number of nitrogens with zero attached hydrogens (tertiary/aromatic N) is 1. The van der Waals surface area contributed by atoms with Crippen LogP contribution in [0.15, 0.2) is 6.20 Å². The molecule has 130 valence electrons. The molecule has 0 aliphatic heterocycles. The Kier molecular flexibility index (Phi) is 6.16. The Hall–Kier alpha value is -1.63. The predicted molar refractivity (Wildman–Crippen MR) is 91.8 cm³/mol. The lowest BCUT2D eigenvalue weighted by Gasteiger charge is -2.35. The van der Waals surface area contributed by atoms with Crippen LogP contribution in [0.3, 0.4) is 0 Å². The normalized spacial score (nSPS) is 14.3. The molecule has 0 fully saturated rings. The summed E-state index contributed by atoms with van der Waals surface area (Å²) in [6.07, 6.45) is 1.07. The molecule has 1 atom stereocenters. The number of nitrogens with one attached hydrogen (secondary N) is 2. The Morgan fingerprint density at radius 3 is 2.35 bits per heavy atom. The van der Waals surface area contributed by atoms with Gasteiger partial charge in [-0.2, -0.15) is 0 Å². The quantitative estimate of drug-likeness (QED) is 0.862. The lowest BCUT2D eigenvalue weighted by Crippen LogP contribution is -2.57. The Morgan fingerprint density at radius 1 is 1.30 bits per heavy atom. The van der Waals surface area contributed by atoms with E-state index in [0.29, 0.717) is 4.88 Å². The van der Waals surface area contributed by atoms with E-state index in [0.717, 1.165) is 5.01 Å². The molecule has 0 radical (unpaired) electrons. The standard InChI is InChI=1S/C16H27N3O3S/c1-10(2)16(7,9-18-14(21)22-15(4,5)6)19-13(20)12-8-17-11(3)23-12/h8,10H,9H2,1-7H3,(H,18,21)(H,19,20). The lowest BCUT2D eigenvalue weighted by molar-refractivity contribution is 0.0497. The van der Waals surface area contributed by atoms with Crippen molar-refractivity contribution in [2.24, 2.45) is 5.92 Å². The van der Waals surface area contributed by atoms with Crippen molar-refractivity contribution in [3.05, 3.63) is 16.1 Å². The van der Waals surface area contributed by atoms with Crippen molar-refractivity contribution >= 4 is 23.3 Å². The molecule has 2 amide bonds. The molecule has 1 aromatic rings. The number of alkyl carbamates (subject to hydrolysis) is 1. The van der Waals surface area contributed by atoms with E-state index >= 15 is 0 Å². The van der Waals surface area contributed by atoms with Crippen LogP contribution in [0.5, 0.6) is 0 Å². The zero-order valence-corrected chi connectivity index (χ0v) is 15.8. The van der Waals surface area contributed by atoms with Crippen LogP contribution in [-0.2, 0) is 4.74 Å². The fourth-order valence-electron chi connectivity index (χ4n) is 1.75. The topological polar surface area (TPSA) is 80.3 Å². The molecule has 2 N–H and O–H groups in total. The summed E-state index contributed by atoms with van der Waals surface area (Å²) in [5.74, 6) is -0.0619. The number of carbonyl (C=O) groups is 2. The van der Waals surface area contributed by atoms with E-state index in [-0.39, 0.29) is 18.4 Å². The third-order valence-electron chi connectivity index (χ3n) is 3.52. The molecule has 0 spiro atoms. The zero-order chi connectivity index (χ0) is 17.8. The highest BCUT2D eigenvalue weighted by Crippen LogP contribution is 2.19. The van der Waals surface area contributed by atoms with Gasteiger partial charge in [-0.3, -0.25) is 4.79 Å². The Morgan fingerprint density at radius 2 is 1.91 bits per heavy atom. The Bertz CT molecular complexity index is 563. The van der Waals surface area contributed by atoms with Crippen LogP contribution in [0.2, 0.25) is 0 Å². The summed E-state index contributed by atoms with van der Waals surface area (Å²) in [6, 6.07) is 0. The second-order valence-electron chi connectivity index (χ2n) is 7.13. The maximum Gasteiger partial charge on any atom is 0.407 e. The molecule has 6 nitrogen and oxygen atoms in total. The van der Waals surface area contributed by atoms with E-state index in [2.05, 4.69) is 15.6 Å².